The Kier molecular flexibility index (Phi) is 6.03. The first-order valence-electron chi connectivity index (χ1n) is 10.6. The zero-order valence-corrected chi connectivity index (χ0v) is 18.4. The fourth-order valence-electron chi connectivity index (χ4n) is 3.44. The van der Waals surface area contributed by atoms with Crippen molar-refractivity contribution in [2.24, 2.45) is 0 Å². The van der Waals surface area contributed by atoms with Crippen molar-refractivity contribution >= 4 is 5.95 Å². The van der Waals surface area contributed by atoms with Gasteiger partial charge in [0.25, 0.3) is 5.89 Å². The maximum Gasteiger partial charge on any atom is 0.573 e. The van der Waals surface area contributed by atoms with Crippen LogP contribution in [0.4, 0.5) is 19.1 Å². The Morgan fingerprint density at radius 2 is 1.77 bits per heavy atom. The lowest BCUT2D eigenvalue weighted by Crippen LogP contribution is -2.37. The van der Waals surface area contributed by atoms with Gasteiger partial charge in [-0.1, -0.05) is 5.16 Å². The van der Waals surface area contributed by atoms with E-state index in [1.807, 2.05) is 6.07 Å². The minimum absolute atomic E-state index is 0.0779. The van der Waals surface area contributed by atoms with Crippen molar-refractivity contribution in [1.29, 1.82) is 0 Å². The van der Waals surface area contributed by atoms with Crippen molar-refractivity contribution in [1.82, 2.24) is 34.9 Å². The summed E-state index contributed by atoms with van der Waals surface area (Å²) < 4.78 is 53.2. The quantitative estimate of drug-likeness (QED) is 0.401. The molecule has 3 aromatic heterocycles. The number of morpholine rings is 1. The molecule has 4 heterocycles. The molecule has 0 bridgehead atoms. The van der Waals surface area contributed by atoms with Crippen LogP contribution in [0.1, 0.15) is 11.5 Å². The van der Waals surface area contributed by atoms with Crippen LogP contribution < -0.4 is 9.64 Å². The minimum Gasteiger partial charge on any atom is -0.406 e. The van der Waals surface area contributed by atoms with Gasteiger partial charge in [0.15, 0.2) is 0 Å². The predicted molar refractivity (Wildman–Crippen MR) is 114 cm³/mol. The van der Waals surface area contributed by atoms with Gasteiger partial charge >= 0.3 is 6.36 Å². The number of alkyl halides is 3. The van der Waals surface area contributed by atoms with Gasteiger partial charge in [-0.2, -0.15) is 4.98 Å². The highest BCUT2D eigenvalue weighted by atomic mass is 19.4. The van der Waals surface area contributed by atoms with Gasteiger partial charge in [-0.05, 0) is 37.3 Å². The second kappa shape index (κ2) is 9.29. The number of aromatic nitrogens is 7. The molecule has 5 rings (SSSR count). The Bertz CT molecular complexity index is 1300. The highest BCUT2D eigenvalue weighted by molar-refractivity contribution is 5.57. The van der Waals surface area contributed by atoms with Crippen molar-refractivity contribution in [3.63, 3.8) is 0 Å². The highest BCUT2D eigenvalue weighted by Crippen LogP contribution is 2.26. The van der Waals surface area contributed by atoms with E-state index >= 15 is 0 Å². The number of anilines is 1. The molecule has 0 radical (unpaired) electrons. The van der Waals surface area contributed by atoms with E-state index in [-0.39, 0.29) is 23.3 Å². The molecule has 1 fully saturated rings. The normalized spacial score (nSPS) is 14.3. The van der Waals surface area contributed by atoms with Gasteiger partial charge < -0.3 is 18.9 Å². The summed E-state index contributed by atoms with van der Waals surface area (Å²) in [6.45, 7) is 4.88. The van der Waals surface area contributed by atoms with Crippen LogP contribution in [0.5, 0.6) is 5.75 Å². The summed E-state index contributed by atoms with van der Waals surface area (Å²) >= 11 is 0. The van der Waals surface area contributed by atoms with E-state index in [9.17, 15) is 13.2 Å². The third kappa shape index (κ3) is 5.37. The van der Waals surface area contributed by atoms with Crippen LogP contribution in [0.15, 0.2) is 41.1 Å². The van der Waals surface area contributed by atoms with Gasteiger partial charge in [0.05, 0.1) is 25.5 Å². The van der Waals surface area contributed by atoms with Gasteiger partial charge in [0.2, 0.25) is 17.6 Å². The van der Waals surface area contributed by atoms with Crippen LogP contribution in [0.25, 0.3) is 23.1 Å². The van der Waals surface area contributed by atoms with Crippen LogP contribution in [-0.2, 0) is 11.3 Å². The largest absolute Gasteiger partial charge is 0.573 e. The zero-order valence-electron chi connectivity index (χ0n) is 18.4. The van der Waals surface area contributed by atoms with E-state index in [4.69, 9.17) is 9.26 Å². The van der Waals surface area contributed by atoms with Gasteiger partial charge in [-0.25, -0.2) is 19.6 Å². The molecule has 0 N–H and O–H groups in total. The average molecular weight is 488 g/mol. The molecule has 1 aliphatic heterocycles. The number of nitrogens with zero attached hydrogens (tertiary/aromatic N) is 8. The second-order valence-corrected chi connectivity index (χ2v) is 7.58. The number of hydrogen-bond acceptors (Lipinski definition) is 10. The van der Waals surface area contributed by atoms with Gasteiger partial charge in [0, 0.05) is 24.8 Å². The van der Waals surface area contributed by atoms with Crippen molar-refractivity contribution < 1.29 is 27.2 Å². The summed E-state index contributed by atoms with van der Waals surface area (Å²) in [7, 11) is 0. The lowest BCUT2D eigenvalue weighted by Gasteiger charge is -2.26. The maximum absolute atomic E-state index is 12.3. The molecule has 0 unspecified atom stereocenters. The van der Waals surface area contributed by atoms with Crippen LogP contribution in [0.3, 0.4) is 0 Å². The molecule has 1 aromatic carbocycles. The van der Waals surface area contributed by atoms with Gasteiger partial charge in [0.1, 0.15) is 11.6 Å². The Labute approximate surface area is 196 Å². The molecule has 4 aromatic rings. The third-order valence-corrected chi connectivity index (χ3v) is 5.13. The highest BCUT2D eigenvalue weighted by Gasteiger charge is 2.31. The molecular formula is C21H19F3N8O3. The number of rotatable bonds is 6. The van der Waals surface area contributed by atoms with E-state index in [1.165, 1.54) is 24.3 Å². The van der Waals surface area contributed by atoms with Gasteiger partial charge in [-0.15, -0.1) is 18.3 Å². The first kappa shape index (κ1) is 22.7. The number of halogens is 3. The van der Waals surface area contributed by atoms with Crippen molar-refractivity contribution in [3.05, 3.63) is 48.0 Å². The van der Waals surface area contributed by atoms with Crippen LogP contribution >= 0.6 is 0 Å². The molecule has 14 heteroatoms. The lowest BCUT2D eigenvalue weighted by atomic mass is 10.2. The summed E-state index contributed by atoms with van der Waals surface area (Å²) in [5.74, 6) is 1.38. The molecule has 1 aliphatic rings. The van der Waals surface area contributed by atoms with Crippen LogP contribution in [-0.4, -0.2) is 67.5 Å². The fraction of sp³-hybridized carbons (Fsp3) is 0.333. The monoisotopic (exact) mass is 488 g/mol. The molecule has 0 saturated carbocycles. The molecule has 0 atom stereocenters. The molecule has 11 nitrogen and oxygen atoms in total. The predicted octanol–water partition coefficient (Wildman–Crippen LogP) is 2.88. The van der Waals surface area contributed by atoms with E-state index in [2.05, 4.69) is 39.8 Å². The van der Waals surface area contributed by atoms with Crippen molar-refractivity contribution in [2.75, 3.05) is 31.2 Å². The van der Waals surface area contributed by atoms with Gasteiger partial charge in [-0.3, -0.25) is 0 Å². The first-order valence-corrected chi connectivity index (χ1v) is 10.6. The van der Waals surface area contributed by atoms with Crippen molar-refractivity contribution in [3.8, 4) is 28.9 Å². The zero-order chi connectivity index (χ0) is 24.4. The van der Waals surface area contributed by atoms with E-state index < -0.39 is 6.36 Å². The molecule has 0 amide bonds. The van der Waals surface area contributed by atoms with Crippen LogP contribution in [0.2, 0.25) is 0 Å². The average Bonchev–Trinajstić information content (AvgIpc) is 3.47. The smallest absolute Gasteiger partial charge is 0.406 e. The van der Waals surface area contributed by atoms with E-state index in [0.717, 1.165) is 18.8 Å². The third-order valence-electron chi connectivity index (χ3n) is 5.13. The number of benzene rings is 1. The maximum atomic E-state index is 12.3. The molecular weight excluding hydrogens is 469 g/mol. The summed E-state index contributed by atoms with van der Waals surface area (Å²) in [5, 5.41) is 8.33. The topological polar surface area (TPSA) is 117 Å². The first-order chi connectivity index (χ1) is 16.8. The second-order valence-electron chi connectivity index (χ2n) is 7.58. The summed E-state index contributed by atoms with van der Waals surface area (Å²) in [5.41, 5.74) is 1.20. The molecule has 182 valence electrons. The summed E-state index contributed by atoms with van der Waals surface area (Å²) in [6.07, 6.45) is -3.06. The number of aryl methyl sites for hydroxylation is 1. The molecule has 1 saturated heterocycles. The Morgan fingerprint density at radius 3 is 2.51 bits per heavy atom. The standard InChI is InChI=1S/C21H19F3N8O3/c1-13-26-18(19-28-17(30-35-19)14-2-4-16(5-3-14)34-21(22,23)24)29-32(13)12-15-6-7-25-20(27-15)31-8-10-33-11-9-31/h2-7H,8-12H2,1H3. The van der Waals surface area contributed by atoms with Crippen LogP contribution in [0, 0.1) is 6.92 Å². The minimum atomic E-state index is -4.76. The molecule has 0 aliphatic carbocycles. The molecule has 0 spiro atoms. The fourth-order valence-corrected chi connectivity index (χ4v) is 3.44. The Morgan fingerprint density at radius 1 is 1.00 bits per heavy atom. The molecule has 35 heavy (non-hydrogen) atoms. The lowest BCUT2D eigenvalue weighted by molar-refractivity contribution is -0.274. The van der Waals surface area contributed by atoms with Crippen molar-refractivity contribution in [2.45, 2.75) is 19.8 Å². The van der Waals surface area contributed by atoms with E-state index in [1.54, 1.807) is 17.8 Å². The summed E-state index contributed by atoms with van der Waals surface area (Å²) in [4.78, 5) is 19.7. The summed E-state index contributed by atoms with van der Waals surface area (Å²) in [6, 6.07) is 6.94. The number of ether oxygens (including phenoxy) is 2. The van der Waals surface area contributed by atoms with E-state index in [0.29, 0.717) is 37.1 Å². The Balaban J connectivity index is 1.30. The Hall–Kier alpha value is -4.07. The SMILES string of the molecule is Cc1nc(-c2nc(-c3ccc(OC(F)(F)F)cc3)no2)nn1Cc1ccnc(N2CCOCC2)n1. The number of hydrogen-bond donors (Lipinski definition) is 0.